The number of allylic oxidation sites excluding steroid dienone is 1. The van der Waals surface area contributed by atoms with Crippen LogP contribution in [0.5, 0.6) is 0 Å². The molecule has 0 aliphatic heterocycles. The molecule has 0 radical (unpaired) electrons. The highest BCUT2D eigenvalue weighted by Gasteiger charge is 2.24. The van der Waals surface area contributed by atoms with Crippen LogP contribution in [-0.2, 0) is 19.1 Å². The van der Waals surface area contributed by atoms with Gasteiger partial charge in [-0.2, -0.15) is 0 Å². The van der Waals surface area contributed by atoms with Crippen LogP contribution in [0.3, 0.4) is 0 Å². The molecule has 0 amide bonds. The maximum Gasteiger partial charge on any atom is 0.323 e. The van der Waals surface area contributed by atoms with Crippen molar-refractivity contribution in [3.8, 4) is 0 Å². The fourth-order valence-electron chi connectivity index (χ4n) is 0.700. The van der Waals surface area contributed by atoms with Gasteiger partial charge in [-0.05, 0) is 6.92 Å². The summed E-state index contributed by atoms with van der Waals surface area (Å²) < 4.78 is 8.79. The van der Waals surface area contributed by atoms with Gasteiger partial charge in [-0.3, -0.25) is 9.59 Å². The van der Waals surface area contributed by atoms with Crippen molar-refractivity contribution in [2.45, 2.75) is 6.92 Å². The van der Waals surface area contributed by atoms with E-state index in [9.17, 15) is 9.59 Å². The average molecular weight is 172 g/mol. The second-order valence-electron chi connectivity index (χ2n) is 2.05. The van der Waals surface area contributed by atoms with Gasteiger partial charge in [0.15, 0.2) is 5.92 Å². The predicted molar refractivity (Wildman–Crippen MR) is 42.3 cm³/mol. The van der Waals surface area contributed by atoms with E-state index in [4.69, 9.17) is 0 Å². The van der Waals surface area contributed by atoms with Crippen LogP contribution < -0.4 is 0 Å². The minimum atomic E-state index is -0.940. The van der Waals surface area contributed by atoms with Gasteiger partial charge in [-0.25, -0.2) is 0 Å². The number of methoxy groups -OCH3 is 2. The highest BCUT2D eigenvalue weighted by Crippen LogP contribution is 2.03. The molecule has 0 saturated heterocycles. The first-order valence-corrected chi connectivity index (χ1v) is 3.45. The molecule has 0 fully saturated rings. The average Bonchev–Trinajstić information content (AvgIpc) is 2.11. The molecule has 0 unspecified atom stereocenters. The molecule has 68 valence electrons. The molecule has 0 bridgehead atoms. The first-order valence-electron chi connectivity index (χ1n) is 3.45. The molecule has 12 heavy (non-hydrogen) atoms. The van der Waals surface area contributed by atoms with Crippen molar-refractivity contribution in [3.63, 3.8) is 0 Å². The highest BCUT2D eigenvalue weighted by atomic mass is 16.5. The lowest BCUT2D eigenvalue weighted by atomic mass is 10.1. The second kappa shape index (κ2) is 5.35. The lowest BCUT2D eigenvalue weighted by molar-refractivity contribution is -0.156. The molecular weight excluding hydrogens is 160 g/mol. The molecule has 0 aliphatic rings. The lowest BCUT2D eigenvalue weighted by Crippen LogP contribution is -2.24. The van der Waals surface area contributed by atoms with Gasteiger partial charge in [0.1, 0.15) is 0 Å². The number of esters is 2. The van der Waals surface area contributed by atoms with E-state index in [2.05, 4.69) is 9.47 Å². The van der Waals surface area contributed by atoms with Gasteiger partial charge >= 0.3 is 11.9 Å². The Morgan fingerprint density at radius 2 is 1.58 bits per heavy atom. The Balaban J connectivity index is 4.43. The van der Waals surface area contributed by atoms with Gasteiger partial charge in [-0.15, -0.1) is 0 Å². The molecular formula is C8H12O4. The third-order valence-corrected chi connectivity index (χ3v) is 1.30. The molecule has 4 nitrogen and oxygen atoms in total. The minimum absolute atomic E-state index is 0.611. The van der Waals surface area contributed by atoms with Crippen molar-refractivity contribution in [2.75, 3.05) is 14.2 Å². The van der Waals surface area contributed by atoms with E-state index >= 15 is 0 Å². The Bertz CT molecular complexity index is 179. The summed E-state index contributed by atoms with van der Waals surface area (Å²) in [4.78, 5) is 21.9. The Labute approximate surface area is 71.2 Å². The molecule has 0 saturated carbocycles. The SMILES string of the molecule is CC=CC(C(=O)OC)C(=O)OC. The standard InChI is InChI=1S/C8H12O4/c1-4-5-6(7(9)11-2)8(10)12-3/h4-6H,1-3H3. The van der Waals surface area contributed by atoms with Crippen LogP contribution in [0, 0.1) is 5.92 Å². The van der Waals surface area contributed by atoms with Crippen molar-refractivity contribution >= 4 is 11.9 Å². The summed E-state index contributed by atoms with van der Waals surface area (Å²) in [7, 11) is 2.45. The van der Waals surface area contributed by atoms with E-state index in [-0.39, 0.29) is 0 Å². The van der Waals surface area contributed by atoms with Gasteiger partial charge in [0.05, 0.1) is 14.2 Å². The third kappa shape index (κ3) is 2.74. The molecule has 0 aliphatic carbocycles. The van der Waals surface area contributed by atoms with E-state index in [1.807, 2.05) is 0 Å². The van der Waals surface area contributed by atoms with Crippen LogP contribution in [-0.4, -0.2) is 26.2 Å². The van der Waals surface area contributed by atoms with Crippen molar-refractivity contribution < 1.29 is 19.1 Å². The third-order valence-electron chi connectivity index (χ3n) is 1.30. The normalized spacial score (nSPS) is 10.3. The largest absolute Gasteiger partial charge is 0.468 e. The van der Waals surface area contributed by atoms with Crippen LogP contribution in [0.15, 0.2) is 12.2 Å². The van der Waals surface area contributed by atoms with E-state index in [1.165, 1.54) is 20.3 Å². The Kier molecular flexibility index (Phi) is 4.76. The zero-order valence-corrected chi connectivity index (χ0v) is 7.37. The minimum Gasteiger partial charge on any atom is -0.468 e. The summed E-state index contributed by atoms with van der Waals surface area (Å²) in [5.74, 6) is -2.16. The molecule has 0 aromatic rings. The molecule has 4 heteroatoms. The first-order chi connectivity index (χ1) is 5.67. The zero-order chi connectivity index (χ0) is 9.56. The number of ether oxygens (including phenoxy) is 2. The topological polar surface area (TPSA) is 52.6 Å². The number of carbonyl (C=O) groups excluding carboxylic acids is 2. The van der Waals surface area contributed by atoms with Crippen LogP contribution in [0.2, 0.25) is 0 Å². The number of rotatable bonds is 3. The van der Waals surface area contributed by atoms with Gasteiger partial charge in [0.25, 0.3) is 0 Å². The fraction of sp³-hybridized carbons (Fsp3) is 0.500. The van der Waals surface area contributed by atoms with Crippen LogP contribution in [0.4, 0.5) is 0 Å². The summed E-state index contributed by atoms with van der Waals surface area (Å²) in [6.45, 7) is 1.71. The quantitative estimate of drug-likeness (QED) is 0.354. The summed E-state index contributed by atoms with van der Waals surface area (Å²) >= 11 is 0. The number of hydrogen-bond acceptors (Lipinski definition) is 4. The Morgan fingerprint density at radius 1 is 1.17 bits per heavy atom. The Hall–Kier alpha value is -1.32. The maximum atomic E-state index is 10.9. The van der Waals surface area contributed by atoms with Crippen LogP contribution in [0.1, 0.15) is 6.92 Å². The molecule has 0 rings (SSSR count). The van der Waals surface area contributed by atoms with E-state index in [1.54, 1.807) is 13.0 Å². The molecule has 0 aromatic heterocycles. The molecule has 0 aromatic carbocycles. The van der Waals surface area contributed by atoms with Crippen molar-refractivity contribution in [1.82, 2.24) is 0 Å². The van der Waals surface area contributed by atoms with Gasteiger partial charge in [0, 0.05) is 0 Å². The van der Waals surface area contributed by atoms with Crippen molar-refractivity contribution in [1.29, 1.82) is 0 Å². The summed E-state index contributed by atoms with van der Waals surface area (Å²) in [6, 6.07) is 0. The second-order valence-corrected chi connectivity index (χ2v) is 2.05. The summed E-state index contributed by atoms with van der Waals surface area (Å²) in [6.07, 6.45) is 3.02. The highest BCUT2D eigenvalue weighted by molar-refractivity contribution is 5.96. The smallest absolute Gasteiger partial charge is 0.323 e. The van der Waals surface area contributed by atoms with E-state index in [0.29, 0.717) is 0 Å². The van der Waals surface area contributed by atoms with Gasteiger partial charge in [0.2, 0.25) is 0 Å². The van der Waals surface area contributed by atoms with Crippen LogP contribution >= 0.6 is 0 Å². The van der Waals surface area contributed by atoms with E-state index in [0.717, 1.165) is 0 Å². The lowest BCUT2D eigenvalue weighted by Gasteiger charge is -2.06. The maximum absolute atomic E-state index is 10.9. The van der Waals surface area contributed by atoms with Crippen molar-refractivity contribution in [3.05, 3.63) is 12.2 Å². The molecule has 0 heterocycles. The van der Waals surface area contributed by atoms with E-state index < -0.39 is 17.9 Å². The van der Waals surface area contributed by atoms with Gasteiger partial charge in [-0.1, -0.05) is 12.2 Å². The molecule has 0 atom stereocenters. The first kappa shape index (κ1) is 10.7. The fourth-order valence-corrected chi connectivity index (χ4v) is 0.700. The van der Waals surface area contributed by atoms with Crippen molar-refractivity contribution in [2.24, 2.45) is 5.92 Å². The van der Waals surface area contributed by atoms with Gasteiger partial charge < -0.3 is 9.47 Å². The Morgan fingerprint density at radius 3 is 1.83 bits per heavy atom. The molecule has 0 N–H and O–H groups in total. The molecule has 0 spiro atoms. The number of carbonyl (C=O) groups is 2. The summed E-state index contributed by atoms with van der Waals surface area (Å²) in [5, 5.41) is 0. The zero-order valence-electron chi connectivity index (χ0n) is 7.37. The van der Waals surface area contributed by atoms with Crippen LogP contribution in [0.25, 0.3) is 0 Å². The monoisotopic (exact) mass is 172 g/mol. The number of hydrogen-bond donors (Lipinski definition) is 0. The summed E-state index contributed by atoms with van der Waals surface area (Å²) in [5.41, 5.74) is 0. The predicted octanol–water partition coefficient (Wildman–Crippen LogP) is 0.525.